The van der Waals surface area contributed by atoms with E-state index in [9.17, 15) is 10.1 Å². The van der Waals surface area contributed by atoms with Crippen LogP contribution in [0.25, 0.3) is 0 Å². The minimum Gasteiger partial charge on any atom is -0.493 e. The summed E-state index contributed by atoms with van der Waals surface area (Å²) in [5.74, 6) is 0.890. The molecule has 9 heteroatoms. The molecule has 0 saturated carbocycles. The van der Waals surface area contributed by atoms with Crippen LogP contribution in [0.3, 0.4) is 0 Å². The van der Waals surface area contributed by atoms with Crippen molar-refractivity contribution >= 4 is 52.4 Å². The number of rotatable bonds is 8. The van der Waals surface area contributed by atoms with E-state index >= 15 is 0 Å². The second-order valence-electron chi connectivity index (χ2n) is 5.60. The van der Waals surface area contributed by atoms with Crippen LogP contribution in [-0.4, -0.2) is 18.0 Å². The van der Waals surface area contributed by atoms with Gasteiger partial charge in [0.05, 0.1) is 33.0 Å². The smallest absolute Gasteiger partial charge is 0.287 e. The minimum atomic E-state index is -0.452. The molecule has 0 aliphatic rings. The Morgan fingerprint density at radius 1 is 0.931 bits per heavy atom. The largest absolute Gasteiger partial charge is 0.493 e. The van der Waals surface area contributed by atoms with Crippen molar-refractivity contribution in [1.29, 1.82) is 0 Å². The lowest BCUT2D eigenvalue weighted by Crippen LogP contribution is -1.99. The highest BCUT2D eigenvalue weighted by atomic mass is 35.5. The van der Waals surface area contributed by atoms with Crippen LogP contribution >= 0.6 is 46.7 Å². The lowest BCUT2D eigenvalue weighted by Gasteiger charge is -2.13. The molecule has 0 aromatic heterocycles. The number of nitrogens with zero attached hydrogens (tertiary/aromatic N) is 1. The second-order valence-corrected chi connectivity index (χ2v) is 8.46. The fraction of sp³-hybridized carbons (Fsp3) is 0.100. The van der Waals surface area contributed by atoms with Gasteiger partial charge in [-0.2, -0.15) is 0 Å². The van der Waals surface area contributed by atoms with E-state index in [0.29, 0.717) is 25.6 Å². The van der Waals surface area contributed by atoms with E-state index in [4.69, 9.17) is 32.7 Å². The summed E-state index contributed by atoms with van der Waals surface area (Å²) in [6.45, 7) is 0. The monoisotopic (exact) mass is 467 g/mol. The summed E-state index contributed by atoms with van der Waals surface area (Å²) in [4.78, 5) is 13.2. The van der Waals surface area contributed by atoms with E-state index in [1.54, 1.807) is 30.3 Å². The lowest BCUT2D eigenvalue weighted by molar-refractivity contribution is -0.387. The highest BCUT2D eigenvalue weighted by molar-refractivity contribution is 7.99. The van der Waals surface area contributed by atoms with E-state index in [1.165, 1.54) is 36.7 Å². The first-order chi connectivity index (χ1) is 14.0. The van der Waals surface area contributed by atoms with Gasteiger partial charge in [-0.3, -0.25) is 10.1 Å². The molecule has 0 aliphatic heterocycles. The number of ether oxygens (including phenoxy) is 2. The number of hydrogen-bond donors (Lipinski definition) is 0. The van der Waals surface area contributed by atoms with Gasteiger partial charge < -0.3 is 9.47 Å². The van der Waals surface area contributed by atoms with Crippen LogP contribution in [-0.2, 0) is 0 Å². The number of nitro groups is 1. The predicted molar refractivity (Wildman–Crippen MR) is 118 cm³/mol. The summed E-state index contributed by atoms with van der Waals surface area (Å²) >= 11 is 14.9. The molecule has 0 saturated heterocycles. The number of nitro benzene ring substituents is 1. The summed E-state index contributed by atoms with van der Waals surface area (Å²) < 4.78 is 11.1. The normalized spacial score (nSPS) is 10.6. The van der Waals surface area contributed by atoms with Gasteiger partial charge in [-0.25, -0.2) is 0 Å². The molecule has 0 fully saturated rings. The quantitative estimate of drug-likeness (QED) is 0.151. The zero-order valence-corrected chi connectivity index (χ0v) is 18.3. The molecular formula is C20H15Cl2NO4S2. The topological polar surface area (TPSA) is 61.6 Å². The van der Waals surface area contributed by atoms with E-state index < -0.39 is 4.92 Å². The van der Waals surface area contributed by atoms with Gasteiger partial charge in [-0.15, -0.1) is 0 Å². The second kappa shape index (κ2) is 10.1. The molecule has 0 amide bonds. The first kappa shape index (κ1) is 21.6. The van der Waals surface area contributed by atoms with E-state index in [0.717, 1.165) is 4.90 Å². The van der Waals surface area contributed by atoms with Crippen molar-refractivity contribution in [3.8, 4) is 11.5 Å². The first-order valence-corrected chi connectivity index (χ1v) is 10.8. The summed E-state index contributed by atoms with van der Waals surface area (Å²) in [6.07, 6.45) is 0. The molecule has 150 valence electrons. The van der Waals surface area contributed by atoms with Gasteiger partial charge in [0.25, 0.3) is 5.69 Å². The maximum atomic E-state index is 11.6. The van der Waals surface area contributed by atoms with Crippen LogP contribution in [0.15, 0.2) is 75.4 Å². The standard InChI is InChI=1S/C20H15Cl2NO4S2/c1-26-16-11-20(29-19-9-5-3-7-14(19)22)15(23(24)25)10-17(16)27-12-28-18-8-4-2-6-13(18)21/h2-11H,12H2,1H3. The van der Waals surface area contributed by atoms with E-state index in [1.807, 2.05) is 24.3 Å². The Bertz CT molecular complexity index is 1030. The SMILES string of the molecule is COc1cc(Sc2ccccc2Cl)c([N+](=O)[O-])cc1OCSc1ccccc1Cl. The fourth-order valence-electron chi connectivity index (χ4n) is 2.39. The van der Waals surface area contributed by atoms with Gasteiger partial charge in [0, 0.05) is 15.9 Å². The van der Waals surface area contributed by atoms with Crippen molar-refractivity contribution in [2.45, 2.75) is 14.7 Å². The molecule has 0 bridgehead atoms. The number of halogens is 2. The molecule has 0 unspecified atom stereocenters. The zero-order valence-electron chi connectivity index (χ0n) is 15.1. The van der Waals surface area contributed by atoms with Gasteiger partial charge in [0.1, 0.15) is 5.94 Å². The van der Waals surface area contributed by atoms with Crippen LogP contribution in [0.2, 0.25) is 10.0 Å². The molecule has 3 aromatic carbocycles. The Labute approximate surface area is 186 Å². The molecule has 29 heavy (non-hydrogen) atoms. The third-order valence-corrected chi connectivity index (χ3v) is 6.67. The molecule has 3 aromatic rings. The van der Waals surface area contributed by atoms with Gasteiger partial charge in [0.2, 0.25) is 0 Å². The minimum absolute atomic E-state index is 0.0894. The van der Waals surface area contributed by atoms with Crippen LogP contribution in [0.1, 0.15) is 0 Å². The van der Waals surface area contributed by atoms with Gasteiger partial charge >= 0.3 is 0 Å². The summed E-state index contributed by atoms with van der Waals surface area (Å²) in [5, 5.41) is 12.8. The molecule has 3 rings (SSSR count). The molecule has 0 heterocycles. The number of thioether (sulfide) groups is 1. The average Bonchev–Trinajstić information content (AvgIpc) is 2.71. The summed E-state index contributed by atoms with van der Waals surface area (Å²) in [5.41, 5.74) is -0.0894. The van der Waals surface area contributed by atoms with Gasteiger partial charge in [0.15, 0.2) is 11.5 Å². The van der Waals surface area contributed by atoms with Gasteiger partial charge in [-0.05, 0) is 24.3 Å². The Hall–Kier alpha value is -2.06. The zero-order chi connectivity index (χ0) is 20.8. The van der Waals surface area contributed by atoms with Crippen molar-refractivity contribution in [2.24, 2.45) is 0 Å². The molecule has 0 aliphatic carbocycles. The van der Waals surface area contributed by atoms with Crippen molar-refractivity contribution in [3.05, 3.63) is 80.8 Å². The fourth-order valence-corrected chi connectivity index (χ4v) is 4.59. The summed E-state index contributed by atoms with van der Waals surface area (Å²) in [7, 11) is 1.49. The van der Waals surface area contributed by atoms with Crippen molar-refractivity contribution in [2.75, 3.05) is 13.0 Å². The lowest BCUT2D eigenvalue weighted by atomic mass is 10.3. The number of methoxy groups -OCH3 is 1. The average molecular weight is 468 g/mol. The Morgan fingerprint density at radius 2 is 1.55 bits per heavy atom. The van der Waals surface area contributed by atoms with Gasteiger partial charge in [-0.1, -0.05) is 71.0 Å². The Balaban J connectivity index is 1.84. The third kappa shape index (κ3) is 5.51. The highest BCUT2D eigenvalue weighted by Crippen LogP contribution is 2.44. The van der Waals surface area contributed by atoms with Crippen molar-refractivity contribution in [3.63, 3.8) is 0 Å². The number of benzene rings is 3. The highest BCUT2D eigenvalue weighted by Gasteiger charge is 2.21. The van der Waals surface area contributed by atoms with E-state index in [-0.39, 0.29) is 17.4 Å². The maximum absolute atomic E-state index is 11.6. The first-order valence-electron chi connectivity index (χ1n) is 8.28. The van der Waals surface area contributed by atoms with E-state index in [2.05, 4.69) is 0 Å². The Kier molecular flexibility index (Phi) is 7.55. The maximum Gasteiger partial charge on any atom is 0.287 e. The van der Waals surface area contributed by atoms with Crippen LogP contribution in [0, 0.1) is 10.1 Å². The molecule has 0 atom stereocenters. The van der Waals surface area contributed by atoms with Crippen LogP contribution in [0.4, 0.5) is 5.69 Å². The predicted octanol–water partition coefficient (Wildman–Crippen LogP) is 7.19. The summed E-state index contributed by atoms with van der Waals surface area (Å²) in [6, 6.07) is 17.5. The van der Waals surface area contributed by atoms with Crippen LogP contribution in [0.5, 0.6) is 11.5 Å². The van der Waals surface area contributed by atoms with Crippen LogP contribution < -0.4 is 9.47 Å². The molecule has 5 nitrogen and oxygen atoms in total. The molecule has 0 spiro atoms. The van der Waals surface area contributed by atoms with Crippen molar-refractivity contribution < 1.29 is 14.4 Å². The third-order valence-electron chi connectivity index (χ3n) is 3.76. The molecular weight excluding hydrogens is 453 g/mol. The number of hydrogen-bond acceptors (Lipinski definition) is 6. The molecule has 0 N–H and O–H groups in total. The molecule has 0 radical (unpaired) electrons. The Morgan fingerprint density at radius 3 is 2.14 bits per heavy atom. The van der Waals surface area contributed by atoms with Crippen molar-refractivity contribution in [1.82, 2.24) is 0 Å².